The molecule has 0 radical (unpaired) electrons. The average molecular weight is 365 g/mol. The third kappa shape index (κ3) is 6.29. The normalized spacial score (nSPS) is 17.3. The van der Waals surface area contributed by atoms with E-state index in [2.05, 4.69) is 51.5 Å². The molecule has 1 aliphatic heterocycles. The van der Waals surface area contributed by atoms with Crippen LogP contribution in [0.4, 0.5) is 0 Å². The maximum Gasteiger partial charge on any atom is 0.191 e. The highest BCUT2D eigenvalue weighted by molar-refractivity contribution is 5.79. The zero-order valence-electron chi connectivity index (χ0n) is 17.0. The fraction of sp³-hybridized carbons (Fsp3) is 0.789. The predicted octanol–water partition coefficient (Wildman–Crippen LogP) is 1.49. The van der Waals surface area contributed by atoms with Gasteiger partial charge in [-0.1, -0.05) is 19.0 Å². The van der Waals surface area contributed by atoms with Crippen molar-refractivity contribution in [3.8, 4) is 0 Å². The zero-order valence-corrected chi connectivity index (χ0v) is 17.0. The largest absolute Gasteiger partial charge is 0.361 e. The third-order valence-electron chi connectivity index (χ3n) is 5.02. The van der Waals surface area contributed by atoms with E-state index in [1.807, 2.05) is 7.05 Å². The molecule has 0 saturated carbocycles. The first-order chi connectivity index (χ1) is 12.7. The highest BCUT2D eigenvalue weighted by atomic mass is 16.5. The first-order valence-electron chi connectivity index (χ1n) is 9.99. The van der Waals surface area contributed by atoms with Crippen LogP contribution in [0.1, 0.15) is 43.7 Å². The lowest BCUT2D eigenvalue weighted by atomic mass is 10.1. The van der Waals surface area contributed by atoms with Crippen LogP contribution in [0.15, 0.2) is 9.52 Å². The summed E-state index contributed by atoms with van der Waals surface area (Å²) < 4.78 is 5.43. The molecule has 0 spiro atoms. The molecule has 2 heterocycles. The number of aryl methyl sites for hydroxylation is 2. The quantitative estimate of drug-likeness (QED) is 0.414. The van der Waals surface area contributed by atoms with Gasteiger partial charge in [0, 0.05) is 45.2 Å². The second kappa shape index (κ2) is 11.2. The van der Waals surface area contributed by atoms with Crippen LogP contribution in [-0.4, -0.2) is 74.3 Å². The fourth-order valence-corrected chi connectivity index (χ4v) is 3.36. The molecule has 1 aliphatic rings. The van der Waals surface area contributed by atoms with Crippen molar-refractivity contribution in [3.63, 3.8) is 0 Å². The van der Waals surface area contributed by atoms with Crippen molar-refractivity contribution >= 4 is 5.96 Å². The van der Waals surface area contributed by atoms with Crippen molar-refractivity contribution in [3.05, 3.63) is 17.0 Å². The van der Waals surface area contributed by atoms with E-state index >= 15 is 0 Å². The standard InChI is InChI=1S/C19H36N6O/c1-5-17-16(18(6-2)26-23-17)15-22-19(20-3)21-9-7-11-25-12-8-10-24(4)13-14-25/h5-15H2,1-4H3,(H2,20,21,22). The number of hydrogen-bond acceptors (Lipinski definition) is 5. The summed E-state index contributed by atoms with van der Waals surface area (Å²) in [6.45, 7) is 11.8. The van der Waals surface area contributed by atoms with Crippen molar-refractivity contribution in [1.82, 2.24) is 25.6 Å². The smallest absolute Gasteiger partial charge is 0.191 e. The van der Waals surface area contributed by atoms with E-state index in [1.54, 1.807) is 0 Å². The molecule has 0 unspecified atom stereocenters. The van der Waals surface area contributed by atoms with Gasteiger partial charge in [0.1, 0.15) is 5.76 Å². The van der Waals surface area contributed by atoms with Gasteiger partial charge >= 0.3 is 0 Å². The highest BCUT2D eigenvalue weighted by Crippen LogP contribution is 2.15. The number of hydrogen-bond donors (Lipinski definition) is 2. The second-order valence-electron chi connectivity index (χ2n) is 6.94. The molecule has 7 nitrogen and oxygen atoms in total. The fourth-order valence-electron chi connectivity index (χ4n) is 3.36. The molecular formula is C19H36N6O. The molecule has 0 amide bonds. The summed E-state index contributed by atoms with van der Waals surface area (Å²) in [5, 5.41) is 11.0. The Morgan fingerprint density at radius 1 is 1.15 bits per heavy atom. The summed E-state index contributed by atoms with van der Waals surface area (Å²) in [4.78, 5) is 9.32. The van der Waals surface area contributed by atoms with Crippen molar-refractivity contribution < 1.29 is 4.52 Å². The van der Waals surface area contributed by atoms with Gasteiger partial charge < -0.3 is 25.0 Å². The molecule has 2 N–H and O–H groups in total. The van der Waals surface area contributed by atoms with Gasteiger partial charge in [0.2, 0.25) is 0 Å². The van der Waals surface area contributed by atoms with Crippen LogP contribution in [0.2, 0.25) is 0 Å². The minimum Gasteiger partial charge on any atom is -0.361 e. The summed E-state index contributed by atoms with van der Waals surface area (Å²) in [6.07, 6.45) is 4.14. The van der Waals surface area contributed by atoms with Gasteiger partial charge in [-0.25, -0.2) is 0 Å². The van der Waals surface area contributed by atoms with E-state index in [1.165, 1.54) is 38.2 Å². The maximum atomic E-state index is 5.43. The summed E-state index contributed by atoms with van der Waals surface area (Å²) in [5.74, 6) is 1.81. The number of nitrogens with zero attached hydrogens (tertiary/aromatic N) is 4. The summed E-state index contributed by atoms with van der Waals surface area (Å²) >= 11 is 0. The number of likely N-dealkylation sites (N-methyl/N-ethyl adjacent to an activating group) is 1. The van der Waals surface area contributed by atoms with Gasteiger partial charge in [-0.15, -0.1) is 0 Å². The molecule has 148 valence electrons. The molecule has 26 heavy (non-hydrogen) atoms. The molecule has 2 rings (SSSR count). The molecule has 1 aromatic heterocycles. The van der Waals surface area contributed by atoms with Crippen molar-refractivity contribution in [1.29, 1.82) is 0 Å². The van der Waals surface area contributed by atoms with E-state index < -0.39 is 0 Å². The van der Waals surface area contributed by atoms with E-state index in [4.69, 9.17) is 4.52 Å². The monoisotopic (exact) mass is 364 g/mol. The maximum absolute atomic E-state index is 5.43. The van der Waals surface area contributed by atoms with Crippen LogP contribution in [0.25, 0.3) is 0 Å². The van der Waals surface area contributed by atoms with Gasteiger partial charge in [0.05, 0.1) is 5.69 Å². The lowest BCUT2D eigenvalue weighted by molar-refractivity contribution is 0.274. The van der Waals surface area contributed by atoms with Crippen LogP contribution >= 0.6 is 0 Å². The molecule has 0 atom stereocenters. The Morgan fingerprint density at radius 2 is 2.00 bits per heavy atom. The first-order valence-corrected chi connectivity index (χ1v) is 9.99. The van der Waals surface area contributed by atoms with Crippen molar-refractivity contribution in [2.24, 2.45) is 4.99 Å². The summed E-state index contributed by atoms with van der Waals surface area (Å²) in [5.41, 5.74) is 2.21. The zero-order chi connectivity index (χ0) is 18.8. The summed E-state index contributed by atoms with van der Waals surface area (Å²) in [6, 6.07) is 0. The number of rotatable bonds is 8. The minimum absolute atomic E-state index is 0.702. The first kappa shape index (κ1) is 20.7. The topological polar surface area (TPSA) is 68.9 Å². The van der Waals surface area contributed by atoms with Crippen LogP contribution in [-0.2, 0) is 19.4 Å². The molecule has 0 aliphatic carbocycles. The number of guanidine groups is 1. The molecule has 7 heteroatoms. The lowest BCUT2D eigenvalue weighted by Crippen LogP contribution is -2.39. The molecule has 1 fully saturated rings. The van der Waals surface area contributed by atoms with E-state index in [0.29, 0.717) is 6.54 Å². The van der Waals surface area contributed by atoms with Crippen LogP contribution in [0.3, 0.4) is 0 Å². The van der Waals surface area contributed by atoms with Crippen molar-refractivity contribution in [2.45, 2.75) is 46.1 Å². The Balaban J connectivity index is 1.70. The Bertz CT molecular complexity index is 535. The van der Waals surface area contributed by atoms with Gasteiger partial charge in [-0.3, -0.25) is 4.99 Å². The number of aliphatic imine (C=N–C) groups is 1. The van der Waals surface area contributed by atoms with Gasteiger partial charge in [0.15, 0.2) is 5.96 Å². The molecule has 0 aromatic carbocycles. The van der Waals surface area contributed by atoms with Crippen LogP contribution in [0, 0.1) is 0 Å². The van der Waals surface area contributed by atoms with Gasteiger partial charge in [0.25, 0.3) is 0 Å². The third-order valence-corrected chi connectivity index (χ3v) is 5.02. The Kier molecular flexibility index (Phi) is 8.91. The SMILES string of the molecule is CCc1noc(CC)c1CNC(=NC)NCCCN1CCCN(C)CC1. The van der Waals surface area contributed by atoms with Crippen LogP contribution < -0.4 is 10.6 Å². The summed E-state index contributed by atoms with van der Waals surface area (Å²) in [7, 11) is 4.03. The number of aromatic nitrogens is 1. The average Bonchev–Trinajstić information content (AvgIpc) is 2.94. The lowest BCUT2D eigenvalue weighted by Gasteiger charge is -2.20. The van der Waals surface area contributed by atoms with E-state index in [-0.39, 0.29) is 0 Å². The second-order valence-corrected chi connectivity index (χ2v) is 6.94. The van der Waals surface area contributed by atoms with Gasteiger partial charge in [-0.2, -0.15) is 0 Å². The Labute approximate surface area is 158 Å². The predicted molar refractivity (Wildman–Crippen MR) is 107 cm³/mol. The molecule has 1 saturated heterocycles. The molecule has 0 bridgehead atoms. The van der Waals surface area contributed by atoms with Gasteiger partial charge in [-0.05, 0) is 45.9 Å². The number of nitrogens with one attached hydrogen (secondary N) is 2. The molecular weight excluding hydrogens is 328 g/mol. The Hall–Kier alpha value is -1.60. The van der Waals surface area contributed by atoms with Crippen molar-refractivity contribution in [2.75, 3.05) is 53.4 Å². The minimum atomic E-state index is 0.702. The highest BCUT2D eigenvalue weighted by Gasteiger charge is 2.14. The van der Waals surface area contributed by atoms with E-state index in [9.17, 15) is 0 Å². The Morgan fingerprint density at radius 3 is 2.73 bits per heavy atom. The van der Waals surface area contributed by atoms with Crippen LogP contribution in [0.5, 0.6) is 0 Å². The van der Waals surface area contributed by atoms with E-state index in [0.717, 1.165) is 49.8 Å². The molecule has 1 aromatic rings.